The molecule has 0 amide bonds. The fourth-order valence-electron chi connectivity index (χ4n) is 1.09. The molecule has 100 valence electrons. The third-order valence-electron chi connectivity index (χ3n) is 1.74. The predicted molar refractivity (Wildman–Crippen MR) is 57.4 cm³/mol. The van der Waals surface area contributed by atoms with Gasteiger partial charge < -0.3 is 9.84 Å². The van der Waals surface area contributed by atoms with E-state index >= 15 is 0 Å². The predicted octanol–water partition coefficient (Wildman–Crippen LogP) is 3.16. The third-order valence-corrected chi connectivity index (χ3v) is 2.43. The van der Waals surface area contributed by atoms with Crippen molar-refractivity contribution in [1.29, 1.82) is 0 Å². The zero-order valence-electron chi connectivity index (χ0n) is 8.83. The Bertz CT molecular complexity index is 434. The third kappa shape index (κ3) is 5.26. The van der Waals surface area contributed by atoms with Gasteiger partial charge in [0.2, 0.25) is 0 Å². The molecule has 1 aromatic rings. The van der Waals surface area contributed by atoms with Crippen LogP contribution in [0.1, 0.15) is 10.4 Å². The number of carbonyl (C=O) groups is 1. The van der Waals surface area contributed by atoms with Crippen molar-refractivity contribution in [3.63, 3.8) is 0 Å². The van der Waals surface area contributed by atoms with E-state index in [2.05, 4.69) is 0 Å². The van der Waals surface area contributed by atoms with E-state index in [-0.39, 0.29) is 35.4 Å². The molecule has 0 bridgehead atoms. The van der Waals surface area contributed by atoms with Crippen LogP contribution < -0.4 is 4.74 Å². The Kier molecular flexibility index (Phi) is 4.83. The summed E-state index contributed by atoms with van der Waals surface area (Å²) in [4.78, 5) is 10.6. The number of carboxylic acid groups (broad SMARTS) is 1. The first-order valence-electron chi connectivity index (χ1n) is 4.65. The lowest BCUT2D eigenvalue weighted by atomic mass is 10.2. The lowest BCUT2D eigenvalue weighted by Crippen LogP contribution is -2.08. The second kappa shape index (κ2) is 5.94. The first kappa shape index (κ1) is 14.6. The Morgan fingerprint density at radius 3 is 2.56 bits per heavy atom. The molecule has 1 rings (SSSR count). The highest BCUT2D eigenvalue weighted by Crippen LogP contribution is 2.29. The minimum Gasteiger partial charge on any atom is -0.493 e. The van der Waals surface area contributed by atoms with Crippen molar-refractivity contribution in [2.75, 3.05) is 12.4 Å². The summed E-state index contributed by atoms with van der Waals surface area (Å²) >= 11 is -0.268. The molecule has 8 heteroatoms. The molecule has 0 saturated carbocycles. The summed E-state index contributed by atoms with van der Waals surface area (Å²) in [5.41, 5.74) is -4.68. The van der Waals surface area contributed by atoms with Gasteiger partial charge in [-0.3, -0.25) is 0 Å². The van der Waals surface area contributed by atoms with Crippen molar-refractivity contribution in [2.45, 2.75) is 5.51 Å². The number of ether oxygens (including phenoxy) is 1. The van der Waals surface area contributed by atoms with Crippen molar-refractivity contribution < 1.29 is 32.2 Å². The highest BCUT2D eigenvalue weighted by Gasteiger charge is 2.27. The van der Waals surface area contributed by atoms with E-state index in [4.69, 9.17) is 9.84 Å². The molecule has 0 aromatic heterocycles. The quantitative estimate of drug-likeness (QED) is 0.666. The molecule has 0 aliphatic heterocycles. The molecule has 0 atom stereocenters. The number of aromatic carboxylic acids is 1. The van der Waals surface area contributed by atoms with Crippen LogP contribution in [-0.2, 0) is 0 Å². The number of carboxylic acids is 1. The van der Waals surface area contributed by atoms with Crippen LogP contribution in [0.2, 0.25) is 0 Å². The molecule has 18 heavy (non-hydrogen) atoms. The average molecular weight is 284 g/mol. The van der Waals surface area contributed by atoms with Crippen molar-refractivity contribution in [3.8, 4) is 5.75 Å². The number of hydrogen-bond donors (Lipinski definition) is 1. The fourth-order valence-corrected chi connectivity index (χ4v) is 1.48. The van der Waals surface area contributed by atoms with Gasteiger partial charge in [0.15, 0.2) is 0 Å². The van der Waals surface area contributed by atoms with Crippen LogP contribution in [0.15, 0.2) is 18.2 Å². The Labute approximate surface area is 104 Å². The van der Waals surface area contributed by atoms with E-state index in [1.807, 2.05) is 0 Å². The average Bonchev–Trinajstić information content (AvgIpc) is 2.22. The monoisotopic (exact) mass is 284 g/mol. The van der Waals surface area contributed by atoms with Crippen LogP contribution in [0.4, 0.5) is 17.6 Å². The highest BCUT2D eigenvalue weighted by atomic mass is 32.2. The van der Waals surface area contributed by atoms with Crippen LogP contribution in [0.3, 0.4) is 0 Å². The number of halogens is 4. The van der Waals surface area contributed by atoms with E-state index in [1.54, 1.807) is 0 Å². The fraction of sp³-hybridized carbons (Fsp3) is 0.300. The van der Waals surface area contributed by atoms with Crippen LogP contribution in [0, 0.1) is 5.82 Å². The Hall–Kier alpha value is -1.44. The van der Waals surface area contributed by atoms with Crippen molar-refractivity contribution in [2.24, 2.45) is 0 Å². The molecular weight excluding hydrogens is 276 g/mol. The Balaban J connectivity index is 2.55. The smallest absolute Gasteiger partial charge is 0.441 e. The zero-order chi connectivity index (χ0) is 13.8. The van der Waals surface area contributed by atoms with Gasteiger partial charge in [0, 0.05) is 11.8 Å². The highest BCUT2D eigenvalue weighted by molar-refractivity contribution is 8.00. The first-order valence-corrected chi connectivity index (χ1v) is 5.64. The molecule has 0 saturated heterocycles. The van der Waals surface area contributed by atoms with Crippen LogP contribution in [0.5, 0.6) is 5.75 Å². The molecule has 0 fully saturated rings. The molecule has 0 unspecified atom stereocenters. The van der Waals surface area contributed by atoms with Gasteiger partial charge in [0.05, 0.1) is 12.2 Å². The number of hydrogen-bond acceptors (Lipinski definition) is 3. The standard InChI is InChI=1S/C10H8F4O3S/c11-7-3-6(9(15)16)4-8(5-7)17-1-2-18-10(12,13)14/h3-5H,1-2H2,(H,15,16). The largest absolute Gasteiger partial charge is 0.493 e. The Morgan fingerprint density at radius 1 is 1.33 bits per heavy atom. The maximum atomic E-state index is 13.0. The second-order valence-corrected chi connectivity index (χ2v) is 4.28. The normalized spacial score (nSPS) is 11.3. The molecule has 0 aliphatic rings. The molecule has 0 aliphatic carbocycles. The molecule has 0 radical (unpaired) electrons. The van der Waals surface area contributed by atoms with Gasteiger partial charge in [0.25, 0.3) is 0 Å². The summed E-state index contributed by atoms with van der Waals surface area (Å²) in [5.74, 6) is -2.64. The first-order chi connectivity index (χ1) is 8.28. The summed E-state index contributed by atoms with van der Waals surface area (Å²) in [6, 6.07) is 2.74. The van der Waals surface area contributed by atoms with Crippen LogP contribution in [-0.4, -0.2) is 28.9 Å². The van der Waals surface area contributed by atoms with Crippen LogP contribution >= 0.6 is 11.8 Å². The number of benzene rings is 1. The maximum absolute atomic E-state index is 13.0. The van der Waals surface area contributed by atoms with E-state index in [1.165, 1.54) is 0 Å². The van der Waals surface area contributed by atoms with E-state index < -0.39 is 17.3 Å². The van der Waals surface area contributed by atoms with Gasteiger partial charge in [0.1, 0.15) is 11.6 Å². The SMILES string of the molecule is O=C(O)c1cc(F)cc(OCCSC(F)(F)F)c1. The molecule has 3 nitrogen and oxygen atoms in total. The summed E-state index contributed by atoms with van der Waals surface area (Å²) < 4.78 is 53.2. The molecule has 0 spiro atoms. The van der Waals surface area contributed by atoms with Crippen molar-refractivity contribution >= 4 is 17.7 Å². The minimum atomic E-state index is -4.35. The number of alkyl halides is 3. The number of rotatable bonds is 5. The summed E-state index contributed by atoms with van der Waals surface area (Å²) in [7, 11) is 0. The Morgan fingerprint density at radius 2 is 2.00 bits per heavy atom. The van der Waals surface area contributed by atoms with Crippen molar-refractivity contribution in [3.05, 3.63) is 29.6 Å². The van der Waals surface area contributed by atoms with Gasteiger partial charge in [-0.2, -0.15) is 13.2 Å². The maximum Gasteiger partial charge on any atom is 0.441 e. The summed E-state index contributed by atoms with van der Waals surface area (Å²) in [5, 5.41) is 8.64. The zero-order valence-corrected chi connectivity index (χ0v) is 9.65. The summed E-state index contributed by atoms with van der Waals surface area (Å²) in [6.07, 6.45) is 0. The van der Waals surface area contributed by atoms with E-state index in [0.717, 1.165) is 18.2 Å². The van der Waals surface area contributed by atoms with Gasteiger partial charge in [-0.05, 0) is 23.9 Å². The lowest BCUT2D eigenvalue weighted by molar-refractivity contribution is -0.0329. The van der Waals surface area contributed by atoms with Gasteiger partial charge >= 0.3 is 11.5 Å². The number of thioether (sulfide) groups is 1. The van der Waals surface area contributed by atoms with E-state index in [9.17, 15) is 22.4 Å². The van der Waals surface area contributed by atoms with E-state index in [0.29, 0.717) is 0 Å². The van der Waals surface area contributed by atoms with Crippen molar-refractivity contribution in [1.82, 2.24) is 0 Å². The van der Waals surface area contributed by atoms with Gasteiger partial charge in [-0.1, -0.05) is 0 Å². The lowest BCUT2D eigenvalue weighted by Gasteiger charge is -2.08. The van der Waals surface area contributed by atoms with Gasteiger partial charge in [-0.15, -0.1) is 0 Å². The second-order valence-electron chi connectivity index (χ2n) is 3.12. The molecular formula is C10H8F4O3S. The van der Waals surface area contributed by atoms with Crippen LogP contribution in [0.25, 0.3) is 0 Å². The summed E-state index contributed by atoms with van der Waals surface area (Å²) in [6.45, 7) is -0.299. The molecule has 0 heterocycles. The van der Waals surface area contributed by atoms with Gasteiger partial charge in [-0.25, -0.2) is 9.18 Å². The topological polar surface area (TPSA) is 46.5 Å². The minimum absolute atomic E-state index is 0.116. The molecule has 1 aromatic carbocycles. The molecule has 1 N–H and O–H groups in total.